The van der Waals surface area contributed by atoms with Gasteiger partial charge in [0.15, 0.2) is 18.1 Å². The highest BCUT2D eigenvalue weighted by molar-refractivity contribution is 5.77. The molecule has 154 valence electrons. The number of hydrogen-bond acceptors (Lipinski definition) is 6. The lowest BCUT2D eigenvalue weighted by Gasteiger charge is -2.34. The van der Waals surface area contributed by atoms with Crippen LogP contribution in [-0.4, -0.2) is 61.9 Å². The summed E-state index contributed by atoms with van der Waals surface area (Å²) in [5.74, 6) is 3.09. The van der Waals surface area contributed by atoms with Crippen molar-refractivity contribution in [3.05, 3.63) is 48.0 Å². The average Bonchev–Trinajstić information content (AvgIpc) is 3.22. The molecule has 2 aromatic carbocycles. The molecule has 0 N–H and O–H groups in total. The van der Waals surface area contributed by atoms with Gasteiger partial charge in [-0.15, -0.1) is 0 Å². The van der Waals surface area contributed by atoms with Crippen LogP contribution in [0, 0.1) is 0 Å². The number of hydrogen-bond donors (Lipinski definition) is 0. The molecule has 0 radical (unpaired) electrons. The first kappa shape index (κ1) is 19.4. The summed E-state index contributed by atoms with van der Waals surface area (Å²) >= 11 is 0. The second-order valence-electron chi connectivity index (χ2n) is 7.04. The predicted molar refractivity (Wildman–Crippen MR) is 108 cm³/mol. The van der Waals surface area contributed by atoms with E-state index >= 15 is 0 Å². The summed E-state index contributed by atoms with van der Waals surface area (Å²) < 4.78 is 21.8. The highest BCUT2D eigenvalue weighted by Crippen LogP contribution is 2.32. The van der Waals surface area contributed by atoms with E-state index in [1.54, 1.807) is 0 Å². The zero-order valence-corrected chi connectivity index (χ0v) is 16.6. The Balaban J connectivity index is 1.21. The van der Waals surface area contributed by atoms with Gasteiger partial charge in [0.2, 0.25) is 6.79 Å². The van der Waals surface area contributed by atoms with Gasteiger partial charge in [-0.1, -0.05) is 6.07 Å². The van der Waals surface area contributed by atoms with Crippen LogP contribution in [0.25, 0.3) is 0 Å². The van der Waals surface area contributed by atoms with Gasteiger partial charge in [-0.05, 0) is 48.9 Å². The van der Waals surface area contributed by atoms with Crippen molar-refractivity contribution in [1.82, 2.24) is 9.80 Å². The van der Waals surface area contributed by atoms with Gasteiger partial charge in [-0.3, -0.25) is 9.69 Å². The largest absolute Gasteiger partial charge is 0.494 e. The molecular formula is C22H26N2O5. The molecule has 2 aliphatic heterocycles. The van der Waals surface area contributed by atoms with Crippen LogP contribution < -0.4 is 18.9 Å². The molecule has 1 fully saturated rings. The number of benzene rings is 2. The van der Waals surface area contributed by atoms with Gasteiger partial charge in [0.25, 0.3) is 5.91 Å². The highest BCUT2D eigenvalue weighted by atomic mass is 16.7. The van der Waals surface area contributed by atoms with Gasteiger partial charge in [-0.2, -0.15) is 0 Å². The molecule has 29 heavy (non-hydrogen) atoms. The minimum atomic E-state index is 0.0154. The molecule has 0 saturated carbocycles. The summed E-state index contributed by atoms with van der Waals surface area (Å²) in [6, 6.07) is 13.4. The van der Waals surface area contributed by atoms with Crippen LogP contribution in [0.2, 0.25) is 0 Å². The second kappa shape index (κ2) is 9.05. The Hall–Kier alpha value is -2.93. The van der Waals surface area contributed by atoms with E-state index in [-0.39, 0.29) is 19.3 Å². The molecule has 1 saturated heterocycles. The first-order valence-corrected chi connectivity index (χ1v) is 9.95. The molecule has 1 amide bonds. The van der Waals surface area contributed by atoms with Crippen molar-refractivity contribution < 1.29 is 23.7 Å². The van der Waals surface area contributed by atoms with E-state index in [0.29, 0.717) is 25.4 Å². The van der Waals surface area contributed by atoms with Crippen molar-refractivity contribution in [2.45, 2.75) is 13.5 Å². The van der Waals surface area contributed by atoms with Gasteiger partial charge in [0.05, 0.1) is 6.61 Å². The first-order valence-electron chi connectivity index (χ1n) is 9.95. The maximum Gasteiger partial charge on any atom is 0.260 e. The summed E-state index contributed by atoms with van der Waals surface area (Å²) in [4.78, 5) is 16.7. The molecule has 0 aliphatic carbocycles. The molecule has 2 heterocycles. The van der Waals surface area contributed by atoms with E-state index in [0.717, 1.165) is 36.9 Å². The fourth-order valence-electron chi connectivity index (χ4n) is 3.49. The minimum Gasteiger partial charge on any atom is -0.494 e. The molecule has 2 aromatic rings. The number of nitrogens with zero attached hydrogens (tertiary/aromatic N) is 2. The quantitative estimate of drug-likeness (QED) is 0.714. The van der Waals surface area contributed by atoms with E-state index < -0.39 is 0 Å². The number of carbonyl (C=O) groups excluding carboxylic acids is 1. The molecule has 7 nitrogen and oxygen atoms in total. The van der Waals surface area contributed by atoms with Gasteiger partial charge in [-0.25, -0.2) is 0 Å². The Bertz CT molecular complexity index is 832. The number of amides is 1. The number of carbonyl (C=O) groups is 1. The van der Waals surface area contributed by atoms with Crippen molar-refractivity contribution in [3.8, 4) is 23.0 Å². The Morgan fingerprint density at radius 3 is 2.34 bits per heavy atom. The van der Waals surface area contributed by atoms with Crippen LogP contribution in [0.15, 0.2) is 42.5 Å². The lowest BCUT2D eigenvalue weighted by molar-refractivity contribution is -0.135. The van der Waals surface area contributed by atoms with Crippen molar-refractivity contribution in [2.75, 3.05) is 46.2 Å². The second-order valence-corrected chi connectivity index (χ2v) is 7.04. The smallest absolute Gasteiger partial charge is 0.260 e. The van der Waals surface area contributed by atoms with Gasteiger partial charge in [0.1, 0.15) is 11.5 Å². The zero-order chi connectivity index (χ0) is 20.1. The molecule has 0 spiro atoms. The third-order valence-electron chi connectivity index (χ3n) is 5.07. The standard InChI is InChI=1S/C22H26N2O5/c1-2-26-18-4-6-19(7-5-18)27-15-22(25)24-11-9-23(10-12-24)14-17-3-8-20-21(13-17)29-16-28-20/h3-8,13H,2,9-12,14-16H2,1H3. The molecule has 0 atom stereocenters. The van der Waals surface area contributed by atoms with Crippen LogP contribution in [0.1, 0.15) is 12.5 Å². The van der Waals surface area contributed by atoms with E-state index in [1.807, 2.05) is 48.2 Å². The Labute approximate surface area is 170 Å². The van der Waals surface area contributed by atoms with Crippen molar-refractivity contribution in [2.24, 2.45) is 0 Å². The summed E-state index contributed by atoms with van der Waals surface area (Å²) in [5, 5.41) is 0. The fourth-order valence-corrected chi connectivity index (χ4v) is 3.49. The van der Waals surface area contributed by atoms with E-state index in [2.05, 4.69) is 11.0 Å². The molecule has 2 aliphatic rings. The molecule has 0 unspecified atom stereocenters. The van der Waals surface area contributed by atoms with Crippen LogP contribution >= 0.6 is 0 Å². The Morgan fingerprint density at radius 1 is 0.931 bits per heavy atom. The number of ether oxygens (including phenoxy) is 4. The van der Waals surface area contributed by atoms with Crippen LogP contribution in [0.5, 0.6) is 23.0 Å². The van der Waals surface area contributed by atoms with Crippen LogP contribution in [0.3, 0.4) is 0 Å². The lowest BCUT2D eigenvalue weighted by atomic mass is 10.1. The van der Waals surface area contributed by atoms with Crippen molar-refractivity contribution in [1.29, 1.82) is 0 Å². The average molecular weight is 398 g/mol. The third-order valence-corrected chi connectivity index (χ3v) is 5.07. The van der Waals surface area contributed by atoms with Crippen molar-refractivity contribution in [3.63, 3.8) is 0 Å². The summed E-state index contributed by atoms with van der Waals surface area (Å²) in [6.45, 7) is 6.82. The van der Waals surface area contributed by atoms with Crippen molar-refractivity contribution >= 4 is 5.91 Å². The Kier molecular flexibility index (Phi) is 6.05. The number of fused-ring (bicyclic) bond motifs is 1. The molecule has 0 bridgehead atoms. The zero-order valence-electron chi connectivity index (χ0n) is 16.6. The molecule has 7 heteroatoms. The van der Waals surface area contributed by atoms with E-state index in [1.165, 1.54) is 5.56 Å². The van der Waals surface area contributed by atoms with Crippen LogP contribution in [-0.2, 0) is 11.3 Å². The first-order chi connectivity index (χ1) is 14.2. The highest BCUT2D eigenvalue weighted by Gasteiger charge is 2.22. The number of piperazine rings is 1. The summed E-state index contributed by atoms with van der Waals surface area (Å²) in [6.07, 6.45) is 0. The fraction of sp³-hybridized carbons (Fsp3) is 0.409. The van der Waals surface area contributed by atoms with E-state index in [4.69, 9.17) is 18.9 Å². The van der Waals surface area contributed by atoms with E-state index in [9.17, 15) is 4.79 Å². The van der Waals surface area contributed by atoms with Gasteiger partial charge >= 0.3 is 0 Å². The lowest BCUT2D eigenvalue weighted by Crippen LogP contribution is -2.49. The molecule has 0 aromatic heterocycles. The predicted octanol–water partition coefficient (Wildman–Crippen LogP) is 2.54. The SMILES string of the molecule is CCOc1ccc(OCC(=O)N2CCN(Cc3ccc4c(c3)OCO4)CC2)cc1. The van der Waals surface area contributed by atoms with Gasteiger partial charge < -0.3 is 23.8 Å². The normalized spacial score (nSPS) is 16.0. The molecule has 4 rings (SSSR count). The molecular weight excluding hydrogens is 372 g/mol. The maximum absolute atomic E-state index is 12.5. The topological polar surface area (TPSA) is 60.5 Å². The summed E-state index contributed by atoms with van der Waals surface area (Å²) in [7, 11) is 0. The van der Waals surface area contributed by atoms with Gasteiger partial charge in [0, 0.05) is 32.7 Å². The maximum atomic E-state index is 12.5. The third kappa shape index (κ3) is 4.92. The number of rotatable bonds is 7. The monoisotopic (exact) mass is 398 g/mol. The summed E-state index contributed by atoms with van der Waals surface area (Å²) in [5.41, 5.74) is 1.19. The Morgan fingerprint density at radius 2 is 1.62 bits per heavy atom. The minimum absolute atomic E-state index is 0.0154. The van der Waals surface area contributed by atoms with Crippen LogP contribution in [0.4, 0.5) is 0 Å².